The van der Waals surface area contributed by atoms with Crippen molar-refractivity contribution in [2.45, 2.75) is 44.4 Å². The second-order valence-corrected chi connectivity index (χ2v) is 8.59. The molecule has 0 aliphatic heterocycles. The molecule has 9 nitrogen and oxygen atoms in total. The molecule has 0 unspecified atom stereocenters. The Hall–Kier alpha value is -3.23. The van der Waals surface area contributed by atoms with Crippen LogP contribution in [0.3, 0.4) is 0 Å². The van der Waals surface area contributed by atoms with E-state index in [2.05, 4.69) is 20.1 Å². The second kappa shape index (κ2) is 10.00. The van der Waals surface area contributed by atoms with E-state index in [4.69, 9.17) is 5.53 Å². The van der Waals surface area contributed by atoms with Gasteiger partial charge in [0.15, 0.2) is 0 Å². The van der Waals surface area contributed by atoms with Gasteiger partial charge in [0, 0.05) is 21.7 Å². The molecule has 0 spiro atoms. The highest BCUT2D eigenvalue weighted by Gasteiger charge is 2.13. The largest absolute Gasteiger partial charge is 0.507 e. The van der Waals surface area contributed by atoms with E-state index in [-0.39, 0.29) is 10.8 Å². The van der Waals surface area contributed by atoms with E-state index >= 15 is 0 Å². The first-order chi connectivity index (χ1) is 14.2. The Kier molecular flexibility index (Phi) is 7.68. The van der Waals surface area contributed by atoms with E-state index in [1.807, 2.05) is 32.9 Å². The number of aromatic hydroxyl groups is 1. The number of phenols is 1. The summed E-state index contributed by atoms with van der Waals surface area (Å²) in [7, 11) is -4.06. The average Bonchev–Trinajstić information content (AvgIpc) is 2.69. The molecule has 0 aromatic heterocycles. The summed E-state index contributed by atoms with van der Waals surface area (Å²) < 4.78 is 26.0. The third kappa shape index (κ3) is 5.88. The molecular weight excluding hydrogens is 406 g/mol. The zero-order valence-corrected chi connectivity index (χ0v) is 17.9. The molecule has 10 heteroatoms. The Labute approximate surface area is 175 Å². The van der Waals surface area contributed by atoms with Crippen molar-refractivity contribution in [3.05, 3.63) is 63.5 Å². The van der Waals surface area contributed by atoms with Crippen molar-refractivity contribution in [3.8, 4) is 5.75 Å². The molecule has 0 aliphatic rings. The third-order valence-corrected chi connectivity index (χ3v) is 5.69. The van der Waals surface area contributed by atoms with Gasteiger partial charge < -0.3 is 15.7 Å². The van der Waals surface area contributed by atoms with Gasteiger partial charge in [0.2, 0.25) is 0 Å². The fourth-order valence-corrected chi connectivity index (χ4v) is 3.61. The number of anilines is 1. The van der Waals surface area contributed by atoms with Gasteiger partial charge in [-0.1, -0.05) is 32.9 Å². The van der Waals surface area contributed by atoms with Crippen LogP contribution in [0.25, 0.3) is 10.4 Å². The van der Waals surface area contributed by atoms with Crippen molar-refractivity contribution in [2.24, 2.45) is 4.52 Å². The lowest BCUT2D eigenvalue weighted by molar-refractivity contribution is 0.252. The molecule has 0 saturated carbocycles. The minimum Gasteiger partial charge on any atom is -0.507 e. The standard InChI is InChI=1S/C20H25N5O4S/c1-4-15-11-14(12-18(13(2)3)19(15)26)9-10-22-20(27)23-16-5-7-17(8-6-16)30(28,29)25-24-21/h5-8,11-13,26H,4,9-10H2,1-3H3,(H2,22,23,27). The first-order valence-corrected chi connectivity index (χ1v) is 10.9. The summed E-state index contributed by atoms with van der Waals surface area (Å²) >= 11 is 0. The molecule has 0 bridgehead atoms. The number of phenolic OH excluding ortho intramolecular Hbond substituents is 1. The summed E-state index contributed by atoms with van der Waals surface area (Å²) in [5.41, 5.74) is 11.5. The van der Waals surface area contributed by atoms with Crippen LogP contribution in [0.4, 0.5) is 10.5 Å². The molecule has 0 fully saturated rings. The van der Waals surface area contributed by atoms with Crippen molar-refractivity contribution in [1.82, 2.24) is 5.32 Å². The molecule has 160 valence electrons. The van der Waals surface area contributed by atoms with E-state index in [9.17, 15) is 18.3 Å². The predicted octanol–water partition coefficient (Wildman–Crippen LogP) is 4.44. The lowest BCUT2D eigenvalue weighted by atomic mass is 9.94. The number of nitrogens with one attached hydrogen (secondary N) is 2. The van der Waals surface area contributed by atoms with Crippen LogP contribution in [0.15, 0.2) is 45.8 Å². The number of benzene rings is 2. The van der Waals surface area contributed by atoms with Gasteiger partial charge in [-0.15, -0.1) is 0 Å². The Morgan fingerprint density at radius 1 is 1.23 bits per heavy atom. The minimum atomic E-state index is -4.06. The molecule has 2 amide bonds. The molecule has 0 saturated heterocycles. The predicted molar refractivity (Wildman–Crippen MR) is 115 cm³/mol. The van der Waals surface area contributed by atoms with Crippen LogP contribution in [-0.2, 0) is 22.9 Å². The molecule has 0 heterocycles. The Bertz CT molecular complexity index is 1060. The number of urea groups is 1. The Morgan fingerprint density at radius 2 is 1.90 bits per heavy atom. The number of azide groups is 1. The van der Waals surface area contributed by atoms with E-state index in [0.717, 1.165) is 23.1 Å². The molecule has 2 aromatic carbocycles. The number of aryl methyl sites for hydroxylation is 1. The SMILES string of the molecule is CCc1cc(CCNC(=O)Nc2ccc(S(=O)(=O)N=[N+]=[N-])cc2)cc(C(C)C)c1O. The van der Waals surface area contributed by atoms with Gasteiger partial charge >= 0.3 is 6.03 Å². The highest BCUT2D eigenvalue weighted by molar-refractivity contribution is 7.90. The summed E-state index contributed by atoms with van der Waals surface area (Å²) in [4.78, 5) is 14.2. The number of amides is 2. The van der Waals surface area contributed by atoms with Crippen LogP contribution < -0.4 is 10.6 Å². The highest BCUT2D eigenvalue weighted by atomic mass is 32.2. The summed E-state index contributed by atoms with van der Waals surface area (Å²) in [6, 6.07) is 8.78. The molecule has 3 N–H and O–H groups in total. The lowest BCUT2D eigenvalue weighted by Gasteiger charge is -2.15. The zero-order chi connectivity index (χ0) is 22.3. The van der Waals surface area contributed by atoms with Crippen molar-refractivity contribution >= 4 is 21.7 Å². The summed E-state index contributed by atoms with van der Waals surface area (Å²) in [6.07, 6.45) is 1.32. The summed E-state index contributed by atoms with van der Waals surface area (Å²) in [6.45, 7) is 6.42. The van der Waals surface area contributed by atoms with Crippen LogP contribution >= 0.6 is 0 Å². The minimum absolute atomic E-state index is 0.161. The number of hydrogen-bond donors (Lipinski definition) is 3. The van der Waals surface area contributed by atoms with Crippen LogP contribution in [0.1, 0.15) is 43.4 Å². The van der Waals surface area contributed by atoms with Gasteiger partial charge in [-0.2, -0.15) is 0 Å². The summed E-state index contributed by atoms with van der Waals surface area (Å²) in [5.74, 6) is 0.532. The van der Waals surface area contributed by atoms with Gasteiger partial charge in [0.05, 0.1) is 4.90 Å². The van der Waals surface area contributed by atoms with Gasteiger partial charge in [0.25, 0.3) is 10.0 Å². The number of carbonyl (C=O) groups is 1. The van der Waals surface area contributed by atoms with Crippen molar-refractivity contribution in [1.29, 1.82) is 0 Å². The van der Waals surface area contributed by atoms with Gasteiger partial charge in [0.1, 0.15) is 5.75 Å². The molecule has 0 radical (unpaired) electrons. The van der Waals surface area contributed by atoms with E-state index in [1.165, 1.54) is 24.3 Å². The zero-order valence-electron chi connectivity index (χ0n) is 17.1. The lowest BCUT2D eigenvalue weighted by Crippen LogP contribution is -2.30. The smallest absolute Gasteiger partial charge is 0.319 e. The quantitative estimate of drug-likeness (QED) is 0.322. The Balaban J connectivity index is 1.96. The van der Waals surface area contributed by atoms with Crippen molar-refractivity contribution < 1.29 is 18.3 Å². The maximum absolute atomic E-state index is 12.1. The molecule has 0 aliphatic carbocycles. The number of carbonyl (C=O) groups excluding carboxylic acids is 1. The number of rotatable bonds is 8. The fourth-order valence-electron chi connectivity index (χ4n) is 2.94. The van der Waals surface area contributed by atoms with E-state index in [1.54, 1.807) is 0 Å². The second-order valence-electron chi connectivity index (χ2n) is 7.00. The number of sulfonamides is 1. The van der Waals surface area contributed by atoms with Crippen LogP contribution in [0.2, 0.25) is 0 Å². The number of nitrogens with zero attached hydrogens (tertiary/aromatic N) is 3. The van der Waals surface area contributed by atoms with Gasteiger partial charge in [-0.3, -0.25) is 0 Å². The maximum atomic E-state index is 12.1. The normalized spacial score (nSPS) is 11.1. The molecule has 2 rings (SSSR count). The van der Waals surface area contributed by atoms with Gasteiger partial charge in [-0.05, 0) is 65.2 Å². The van der Waals surface area contributed by atoms with Crippen LogP contribution in [0.5, 0.6) is 5.75 Å². The van der Waals surface area contributed by atoms with Crippen molar-refractivity contribution in [2.75, 3.05) is 11.9 Å². The monoisotopic (exact) mass is 431 g/mol. The van der Waals surface area contributed by atoms with Gasteiger partial charge in [-0.25, -0.2) is 13.2 Å². The highest BCUT2D eigenvalue weighted by Crippen LogP contribution is 2.31. The van der Waals surface area contributed by atoms with Crippen molar-refractivity contribution in [3.63, 3.8) is 0 Å². The molecule has 30 heavy (non-hydrogen) atoms. The Morgan fingerprint density at radius 3 is 2.47 bits per heavy atom. The van der Waals surface area contributed by atoms with E-state index < -0.39 is 16.1 Å². The van der Waals surface area contributed by atoms with Crippen LogP contribution in [-0.4, -0.2) is 26.1 Å². The number of hydrogen-bond acceptors (Lipinski definition) is 4. The average molecular weight is 432 g/mol. The third-order valence-electron chi connectivity index (χ3n) is 4.53. The fraction of sp³-hybridized carbons (Fsp3) is 0.350. The molecule has 2 aromatic rings. The molecular formula is C20H25N5O4S. The van der Waals surface area contributed by atoms with E-state index in [0.29, 0.717) is 24.4 Å². The summed E-state index contributed by atoms with van der Waals surface area (Å²) in [5, 5.41) is 15.7. The molecule has 0 atom stereocenters. The topological polar surface area (TPSA) is 144 Å². The maximum Gasteiger partial charge on any atom is 0.319 e. The first kappa shape index (κ1) is 23.1. The van der Waals surface area contributed by atoms with Crippen LogP contribution in [0, 0.1) is 0 Å². The first-order valence-electron chi connectivity index (χ1n) is 9.48.